The van der Waals surface area contributed by atoms with E-state index in [1.165, 1.54) is 4.88 Å². The second-order valence-electron chi connectivity index (χ2n) is 4.23. The van der Waals surface area contributed by atoms with Gasteiger partial charge in [0.15, 0.2) is 0 Å². The van der Waals surface area contributed by atoms with E-state index in [9.17, 15) is 9.59 Å². The van der Waals surface area contributed by atoms with E-state index in [0.29, 0.717) is 19.4 Å². The van der Waals surface area contributed by atoms with Crippen molar-refractivity contribution in [3.05, 3.63) is 22.4 Å². The maximum absolute atomic E-state index is 12.0. The fraction of sp³-hybridized carbons (Fsp3) is 0.500. The van der Waals surface area contributed by atoms with Crippen LogP contribution < -0.4 is 5.73 Å². The van der Waals surface area contributed by atoms with Crippen LogP contribution in [0.25, 0.3) is 0 Å². The van der Waals surface area contributed by atoms with E-state index >= 15 is 0 Å². The second kappa shape index (κ2) is 5.31. The molecule has 4 nitrogen and oxygen atoms in total. The average Bonchev–Trinajstić information content (AvgIpc) is 2.96. The summed E-state index contributed by atoms with van der Waals surface area (Å²) in [5, 5.41) is 2.00. The Balaban J connectivity index is 1.89. The van der Waals surface area contributed by atoms with Gasteiger partial charge in [0.25, 0.3) is 0 Å². The standard InChI is InChI=1S/C12H16N2O2S/c13-12(16)10-4-1-7-14(10)11(15)6-5-9-3-2-8-17-9/h2-3,8,10H,1,4-7H2,(H2,13,16)/t10-/m0/s1. The zero-order valence-electron chi connectivity index (χ0n) is 9.59. The molecular formula is C12H16N2O2S. The molecule has 2 amide bonds. The van der Waals surface area contributed by atoms with Gasteiger partial charge in [-0.1, -0.05) is 6.07 Å². The van der Waals surface area contributed by atoms with Crippen molar-refractivity contribution in [1.29, 1.82) is 0 Å². The molecule has 0 saturated carbocycles. The molecule has 0 aliphatic carbocycles. The Morgan fingerprint density at radius 1 is 1.53 bits per heavy atom. The van der Waals surface area contributed by atoms with Crippen molar-refractivity contribution in [3.63, 3.8) is 0 Å². The van der Waals surface area contributed by atoms with Crippen molar-refractivity contribution < 1.29 is 9.59 Å². The summed E-state index contributed by atoms with van der Waals surface area (Å²) in [6.45, 7) is 0.664. The molecule has 1 fully saturated rings. The molecule has 0 unspecified atom stereocenters. The van der Waals surface area contributed by atoms with Crippen molar-refractivity contribution in [2.45, 2.75) is 31.7 Å². The van der Waals surface area contributed by atoms with Gasteiger partial charge in [-0.25, -0.2) is 0 Å². The molecular weight excluding hydrogens is 236 g/mol. The van der Waals surface area contributed by atoms with E-state index in [4.69, 9.17) is 5.73 Å². The fourth-order valence-electron chi connectivity index (χ4n) is 2.19. The van der Waals surface area contributed by atoms with Gasteiger partial charge in [0.1, 0.15) is 6.04 Å². The summed E-state index contributed by atoms with van der Waals surface area (Å²) in [5.74, 6) is -0.341. The first-order valence-corrected chi connectivity index (χ1v) is 6.67. The molecule has 5 heteroatoms. The summed E-state index contributed by atoms with van der Waals surface area (Å²) in [6, 6.07) is 3.62. The summed E-state index contributed by atoms with van der Waals surface area (Å²) < 4.78 is 0. The summed E-state index contributed by atoms with van der Waals surface area (Å²) >= 11 is 1.65. The first kappa shape index (κ1) is 12.1. The zero-order valence-corrected chi connectivity index (χ0v) is 10.4. The number of carbonyl (C=O) groups is 2. The number of rotatable bonds is 4. The van der Waals surface area contributed by atoms with Gasteiger partial charge >= 0.3 is 0 Å². The van der Waals surface area contributed by atoms with Gasteiger partial charge < -0.3 is 10.6 Å². The average molecular weight is 252 g/mol. The maximum atomic E-state index is 12.0. The van der Waals surface area contributed by atoms with Gasteiger partial charge in [-0.2, -0.15) is 0 Å². The lowest BCUT2D eigenvalue weighted by Gasteiger charge is -2.21. The van der Waals surface area contributed by atoms with Crippen molar-refractivity contribution in [2.75, 3.05) is 6.54 Å². The number of hydrogen-bond acceptors (Lipinski definition) is 3. The van der Waals surface area contributed by atoms with Crippen LogP contribution in [0.3, 0.4) is 0 Å². The summed E-state index contributed by atoms with van der Waals surface area (Å²) in [5.41, 5.74) is 5.29. The van der Waals surface area contributed by atoms with Crippen LogP contribution in [-0.4, -0.2) is 29.3 Å². The number of likely N-dealkylation sites (tertiary alicyclic amines) is 1. The number of nitrogens with two attached hydrogens (primary N) is 1. The number of aryl methyl sites for hydroxylation is 1. The lowest BCUT2D eigenvalue weighted by atomic mass is 10.2. The number of carbonyl (C=O) groups excluding carboxylic acids is 2. The van der Waals surface area contributed by atoms with Gasteiger partial charge in [0.05, 0.1) is 0 Å². The molecule has 0 radical (unpaired) electrons. The summed E-state index contributed by atoms with van der Waals surface area (Å²) in [7, 11) is 0. The number of amides is 2. The highest BCUT2D eigenvalue weighted by molar-refractivity contribution is 7.09. The van der Waals surface area contributed by atoms with E-state index in [0.717, 1.165) is 12.8 Å². The monoisotopic (exact) mass is 252 g/mol. The summed E-state index contributed by atoms with van der Waals surface area (Å²) in [6.07, 6.45) is 2.79. The molecule has 1 aromatic rings. The molecule has 92 valence electrons. The van der Waals surface area contributed by atoms with E-state index in [-0.39, 0.29) is 17.9 Å². The molecule has 1 saturated heterocycles. The molecule has 0 spiro atoms. The highest BCUT2D eigenvalue weighted by Gasteiger charge is 2.32. The molecule has 1 atom stereocenters. The SMILES string of the molecule is NC(=O)[C@@H]1CCCN1C(=O)CCc1cccs1. The zero-order chi connectivity index (χ0) is 12.3. The smallest absolute Gasteiger partial charge is 0.240 e. The Morgan fingerprint density at radius 3 is 3.00 bits per heavy atom. The third-order valence-corrected chi connectivity index (χ3v) is 4.00. The number of primary amides is 1. The van der Waals surface area contributed by atoms with Crippen LogP contribution in [0.2, 0.25) is 0 Å². The van der Waals surface area contributed by atoms with Crippen LogP contribution >= 0.6 is 11.3 Å². The first-order chi connectivity index (χ1) is 8.18. The van der Waals surface area contributed by atoms with Gasteiger partial charge in [0.2, 0.25) is 11.8 Å². The highest BCUT2D eigenvalue weighted by Crippen LogP contribution is 2.19. The third kappa shape index (κ3) is 2.85. The Hall–Kier alpha value is -1.36. The Morgan fingerprint density at radius 2 is 2.35 bits per heavy atom. The molecule has 2 rings (SSSR count). The molecule has 1 aliphatic heterocycles. The number of nitrogens with zero attached hydrogens (tertiary/aromatic N) is 1. The molecule has 17 heavy (non-hydrogen) atoms. The molecule has 0 aromatic carbocycles. The van der Waals surface area contributed by atoms with Crippen LogP contribution in [0.15, 0.2) is 17.5 Å². The van der Waals surface area contributed by atoms with Crippen molar-refractivity contribution >= 4 is 23.2 Å². The second-order valence-corrected chi connectivity index (χ2v) is 5.26. The van der Waals surface area contributed by atoms with Crippen LogP contribution in [0.4, 0.5) is 0 Å². The minimum absolute atomic E-state index is 0.0414. The van der Waals surface area contributed by atoms with E-state index in [1.54, 1.807) is 16.2 Å². The Kier molecular flexibility index (Phi) is 3.78. The van der Waals surface area contributed by atoms with Crippen molar-refractivity contribution in [1.82, 2.24) is 4.90 Å². The van der Waals surface area contributed by atoms with Crippen LogP contribution in [0, 0.1) is 0 Å². The van der Waals surface area contributed by atoms with Crippen LogP contribution in [-0.2, 0) is 16.0 Å². The topological polar surface area (TPSA) is 63.4 Å². The van der Waals surface area contributed by atoms with E-state index in [2.05, 4.69) is 0 Å². The van der Waals surface area contributed by atoms with E-state index < -0.39 is 0 Å². The molecule has 0 bridgehead atoms. The van der Waals surface area contributed by atoms with Crippen LogP contribution in [0.5, 0.6) is 0 Å². The lowest BCUT2D eigenvalue weighted by Crippen LogP contribution is -2.43. The Bertz CT molecular complexity index is 403. The fourth-order valence-corrected chi connectivity index (χ4v) is 2.90. The van der Waals surface area contributed by atoms with Gasteiger partial charge in [-0.15, -0.1) is 11.3 Å². The predicted octanol–water partition coefficient (Wildman–Crippen LogP) is 1.16. The van der Waals surface area contributed by atoms with Crippen molar-refractivity contribution in [3.8, 4) is 0 Å². The summed E-state index contributed by atoms with van der Waals surface area (Å²) in [4.78, 5) is 26.0. The third-order valence-electron chi connectivity index (χ3n) is 3.07. The number of hydrogen-bond donors (Lipinski definition) is 1. The first-order valence-electron chi connectivity index (χ1n) is 5.79. The minimum Gasteiger partial charge on any atom is -0.368 e. The van der Waals surface area contributed by atoms with Crippen molar-refractivity contribution in [2.24, 2.45) is 5.73 Å². The molecule has 2 heterocycles. The molecule has 2 N–H and O–H groups in total. The number of thiophene rings is 1. The quantitative estimate of drug-likeness (QED) is 0.874. The van der Waals surface area contributed by atoms with Gasteiger partial charge in [-0.3, -0.25) is 9.59 Å². The van der Waals surface area contributed by atoms with E-state index in [1.807, 2.05) is 17.5 Å². The predicted molar refractivity (Wildman–Crippen MR) is 66.6 cm³/mol. The minimum atomic E-state index is -0.383. The normalized spacial score (nSPS) is 19.5. The molecule has 1 aliphatic rings. The van der Waals surface area contributed by atoms with Crippen LogP contribution in [0.1, 0.15) is 24.1 Å². The maximum Gasteiger partial charge on any atom is 0.240 e. The molecule has 1 aromatic heterocycles. The largest absolute Gasteiger partial charge is 0.368 e. The van der Waals surface area contributed by atoms with Gasteiger partial charge in [-0.05, 0) is 30.7 Å². The Labute approximate surface area is 104 Å². The highest BCUT2D eigenvalue weighted by atomic mass is 32.1. The lowest BCUT2D eigenvalue weighted by molar-refractivity contribution is -0.137. The van der Waals surface area contributed by atoms with Gasteiger partial charge in [0, 0.05) is 17.8 Å².